The molecule has 0 aliphatic rings. The van der Waals surface area contributed by atoms with Crippen LogP contribution >= 0.6 is 23.4 Å². The minimum absolute atomic E-state index is 0.0896. The van der Waals surface area contributed by atoms with Crippen molar-refractivity contribution in [3.05, 3.63) is 22.8 Å². The molecule has 5 nitrogen and oxygen atoms in total. The second-order valence-electron chi connectivity index (χ2n) is 3.82. The van der Waals surface area contributed by atoms with Crippen LogP contribution < -0.4 is 5.73 Å². The molecule has 2 aromatic rings. The summed E-state index contributed by atoms with van der Waals surface area (Å²) in [5.41, 5.74) is 4.21. The Bertz CT molecular complexity index is 658. The summed E-state index contributed by atoms with van der Waals surface area (Å²) >= 11 is 6.83. The Morgan fingerprint density at radius 1 is 1.45 bits per heavy atom. The number of nitrogens with two attached hydrogens (primary N) is 1. The third-order valence-corrected chi connectivity index (χ3v) is 3.56. The van der Waals surface area contributed by atoms with E-state index in [4.69, 9.17) is 17.3 Å². The summed E-state index contributed by atoms with van der Waals surface area (Å²) in [6, 6.07) is 0.795. The Morgan fingerprint density at radius 3 is 2.75 bits per heavy atom. The lowest BCUT2D eigenvalue weighted by Gasteiger charge is -2.08. The molecule has 0 aromatic carbocycles. The van der Waals surface area contributed by atoms with Crippen molar-refractivity contribution in [2.45, 2.75) is 17.8 Å². The zero-order chi connectivity index (χ0) is 14.9. The largest absolute Gasteiger partial charge is 0.417 e. The van der Waals surface area contributed by atoms with E-state index in [1.165, 1.54) is 0 Å². The maximum absolute atomic E-state index is 12.7. The number of halogens is 4. The third kappa shape index (κ3) is 3.15. The van der Waals surface area contributed by atoms with Crippen molar-refractivity contribution in [3.8, 4) is 0 Å². The highest BCUT2D eigenvalue weighted by Gasteiger charge is 2.32. The molecule has 0 atom stereocenters. The molecular formula is C10H8ClF3N4OS. The SMILES string of the molecule is NC(=O)CCSc1nnc2c(Cl)cc(C(F)(F)F)cn12. The first-order valence-corrected chi connectivity index (χ1v) is 6.68. The summed E-state index contributed by atoms with van der Waals surface area (Å²) in [4.78, 5) is 10.6. The van der Waals surface area contributed by atoms with Crippen molar-refractivity contribution >= 4 is 34.9 Å². The van der Waals surface area contributed by atoms with Gasteiger partial charge in [0.1, 0.15) is 0 Å². The minimum Gasteiger partial charge on any atom is -0.370 e. The van der Waals surface area contributed by atoms with Crippen molar-refractivity contribution in [2.24, 2.45) is 5.73 Å². The molecule has 0 spiro atoms. The topological polar surface area (TPSA) is 73.3 Å². The number of primary amides is 1. The van der Waals surface area contributed by atoms with Crippen LogP contribution in [0.3, 0.4) is 0 Å². The molecule has 2 aromatic heterocycles. The number of pyridine rings is 1. The van der Waals surface area contributed by atoms with E-state index in [9.17, 15) is 18.0 Å². The molecule has 2 N–H and O–H groups in total. The first-order valence-electron chi connectivity index (χ1n) is 5.31. The molecule has 0 radical (unpaired) electrons. The zero-order valence-electron chi connectivity index (χ0n) is 9.82. The quantitative estimate of drug-likeness (QED) is 0.876. The first-order chi connectivity index (χ1) is 9.29. The first kappa shape index (κ1) is 14.9. The lowest BCUT2D eigenvalue weighted by molar-refractivity contribution is -0.137. The Morgan fingerprint density at radius 2 is 2.15 bits per heavy atom. The van der Waals surface area contributed by atoms with E-state index in [0.29, 0.717) is 5.75 Å². The summed E-state index contributed by atoms with van der Waals surface area (Å²) in [6.45, 7) is 0. The molecule has 0 saturated carbocycles. The van der Waals surface area contributed by atoms with Gasteiger partial charge >= 0.3 is 6.18 Å². The number of aromatic nitrogens is 3. The fraction of sp³-hybridized carbons (Fsp3) is 0.300. The molecule has 0 aliphatic heterocycles. The van der Waals surface area contributed by atoms with E-state index in [2.05, 4.69) is 10.2 Å². The molecule has 2 rings (SSSR count). The summed E-state index contributed by atoms with van der Waals surface area (Å²) in [5.74, 6) is -0.204. The van der Waals surface area contributed by atoms with Crippen LogP contribution in [0.2, 0.25) is 5.02 Å². The number of alkyl halides is 3. The predicted molar refractivity (Wildman–Crippen MR) is 67.5 cm³/mol. The number of nitrogens with zero attached hydrogens (tertiary/aromatic N) is 3. The number of thioether (sulfide) groups is 1. The van der Waals surface area contributed by atoms with Crippen LogP contribution in [0.25, 0.3) is 5.65 Å². The van der Waals surface area contributed by atoms with Gasteiger partial charge in [0.2, 0.25) is 5.91 Å². The van der Waals surface area contributed by atoms with Crippen molar-refractivity contribution in [2.75, 3.05) is 5.75 Å². The highest BCUT2D eigenvalue weighted by Crippen LogP contribution is 2.33. The Hall–Kier alpha value is -1.48. The lowest BCUT2D eigenvalue weighted by Crippen LogP contribution is -2.11. The molecule has 0 aliphatic carbocycles. The van der Waals surface area contributed by atoms with Crippen LogP contribution in [0.5, 0.6) is 0 Å². The number of hydrogen-bond donors (Lipinski definition) is 1. The van der Waals surface area contributed by atoms with Gasteiger partial charge in [-0.25, -0.2) is 0 Å². The monoisotopic (exact) mass is 324 g/mol. The van der Waals surface area contributed by atoms with Gasteiger partial charge in [-0.15, -0.1) is 10.2 Å². The number of carbonyl (C=O) groups excluding carboxylic acids is 1. The van der Waals surface area contributed by atoms with E-state index in [-0.39, 0.29) is 22.2 Å². The highest BCUT2D eigenvalue weighted by molar-refractivity contribution is 7.99. The van der Waals surface area contributed by atoms with Gasteiger partial charge in [-0.2, -0.15) is 13.2 Å². The molecule has 20 heavy (non-hydrogen) atoms. The predicted octanol–water partition coefficient (Wildman–Crippen LogP) is 2.37. The number of fused-ring (bicyclic) bond motifs is 1. The fourth-order valence-electron chi connectivity index (χ4n) is 1.43. The molecule has 1 amide bonds. The van der Waals surface area contributed by atoms with Crippen LogP contribution in [0.15, 0.2) is 17.4 Å². The molecule has 2 heterocycles. The molecule has 0 fully saturated rings. The second kappa shape index (κ2) is 5.49. The maximum Gasteiger partial charge on any atom is 0.417 e. The summed E-state index contributed by atoms with van der Waals surface area (Å²) in [5, 5.41) is 7.54. The highest BCUT2D eigenvalue weighted by atomic mass is 35.5. The van der Waals surface area contributed by atoms with Gasteiger partial charge in [-0.05, 0) is 6.07 Å². The minimum atomic E-state index is -4.52. The van der Waals surface area contributed by atoms with Crippen LogP contribution in [0, 0.1) is 0 Å². The number of hydrogen-bond acceptors (Lipinski definition) is 4. The molecule has 0 bridgehead atoms. The molecule has 0 saturated heterocycles. The van der Waals surface area contributed by atoms with Gasteiger partial charge in [0, 0.05) is 18.4 Å². The summed E-state index contributed by atoms with van der Waals surface area (Å²) < 4.78 is 39.3. The van der Waals surface area contributed by atoms with E-state index in [1.54, 1.807) is 0 Å². The number of carbonyl (C=O) groups is 1. The maximum atomic E-state index is 12.7. The van der Waals surface area contributed by atoms with E-state index >= 15 is 0 Å². The standard InChI is InChI=1S/C10H8ClF3N4OS/c11-6-3-5(10(12,13)14)4-18-8(6)16-17-9(18)20-2-1-7(15)19/h3-4H,1-2H2,(H2,15,19). The summed E-state index contributed by atoms with van der Waals surface area (Å²) in [7, 11) is 0. The normalized spacial score (nSPS) is 12.0. The van der Waals surface area contributed by atoms with Crippen LogP contribution in [0.1, 0.15) is 12.0 Å². The molecule has 0 unspecified atom stereocenters. The van der Waals surface area contributed by atoms with E-state index < -0.39 is 17.6 Å². The van der Waals surface area contributed by atoms with Gasteiger partial charge in [0.05, 0.1) is 10.6 Å². The molecule has 10 heteroatoms. The van der Waals surface area contributed by atoms with Gasteiger partial charge in [-0.1, -0.05) is 23.4 Å². The van der Waals surface area contributed by atoms with Gasteiger partial charge in [-0.3, -0.25) is 9.20 Å². The summed E-state index contributed by atoms with van der Waals surface area (Å²) in [6.07, 6.45) is -3.56. The van der Waals surface area contributed by atoms with Gasteiger partial charge in [0.15, 0.2) is 10.8 Å². The van der Waals surface area contributed by atoms with Crippen LogP contribution in [0.4, 0.5) is 13.2 Å². The van der Waals surface area contributed by atoms with Gasteiger partial charge in [0.25, 0.3) is 0 Å². The Balaban J connectivity index is 2.37. The van der Waals surface area contributed by atoms with Crippen molar-refractivity contribution < 1.29 is 18.0 Å². The average Bonchev–Trinajstić information content (AvgIpc) is 2.71. The lowest BCUT2D eigenvalue weighted by atomic mass is 10.3. The van der Waals surface area contributed by atoms with E-state index in [0.717, 1.165) is 28.4 Å². The number of amides is 1. The smallest absolute Gasteiger partial charge is 0.370 e. The fourth-order valence-corrected chi connectivity index (χ4v) is 2.54. The van der Waals surface area contributed by atoms with Crippen LogP contribution in [-0.2, 0) is 11.0 Å². The van der Waals surface area contributed by atoms with Crippen molar-refractivity contribution in [1.82, 2.24) is 14.6 Å². The van der Waals surface area contributed by atoms with Crippen molar-refractivity contribution in [1.29, 1.82) is 0 Å². The third-order valence-electron chi connectivity index (χ3n) is 2.34. The zero-order valence-corrected chi connectivity index (χ0v) is 11.4. The van der Waals surface area contributed by atoms with Crippen molar-refractivity contribution in [3.63, 3.8) is 0 Å². The van der Waals surface area contributed by atoms with Crippen LogP contribution in [-0.4, -0.2) is 26.3 Å². The average molecular weight is 325 g/mol. The van der Waals surface area contributed by atoms with Gasteiger partial charge < -0.3 is 5.73 Å². The second-order valence-corrected chi connectivity index (χ2v) is 5.28. The Labute approximate surface area is 120 Å². The molecule has 108 valence electrons. The van der Waals surface area contributed by atoms with E-state index in [1.807, 2.05) is 0 Å². The Kier molecular flexibility index (Phi) is 4.09. The molecular weight excluding hydrogens is 317 g/mol. The number of rotatable bonds is 4.